The van der Waals surface area contributed by atoms with Gasteiger partial charge in [-0.1, -0.05) is 0 Å². The third-order valence-electron chi connectivity index (χ3n) is 4.56. The Morgan fingerprint density at radius 1 is 1.35 bits per heavy atom. The van der Waals surface area contributed by atoms with Gasteiger partial charge in [-0.3, -0.25) is 4.79 Å². The number of rotatable bonds is 7. The van der Waals surface area contributed by atoms with Crippen molar-refractivity contribution in [1.82, 2.24) is 14.5 Å². The van der Waals surface area contributed by atoms with Crippen LogP contribution in [0.15, 0.2) is 27.6 Å². The van der Waals surface area contributed by atoms with Crippen LogP contribution in [0.5, 0.6) is 0 Å². The summed E-state index contributed by atoms with van der Waals surface area (Å²) in [6, 6.07) is 4.98. The number of nitrogens with one attached hydrogen (secondary N) is 1. The number of hydrogen-bond donors (Lipinski definition) is 1. The van der Waals surface area contributed by atoms with Gasteiger partial charge in [-0.2, -0.15) is 0 Å². The lowest BCUT2D eigenvalue weighted by atomic mass is 10.0. The molecular formula is C17H26BrN3O4S. The molecule has 1 aliphatic heterocycles. The number of methoxy groups -OCH3 is 1. The van der Waals surface area contributed by atoms with E-state index in [0.717, 1.165) is 12.8 Å². The molecule has 9 heteroatoms. The number of benzene rings is 1. The molecule has 1 aromatic rings. The molecule has 1 fully saturated rings. The Hall–Kier alpha value is -1.00. The first kappa shape index (κ1) is 21.3. The molecule has 0 unspecified atom stereocenters. The van der Waals surface area contributed by atoms with Gasteiger partial charge < -0.3 is 14.5 Å². The molecule has 0 aliphatic carbocycles. The Morgan fingerprint density at radius 3 is 2.58 bits per heavy atom. The highest BCUT2D eigenvalue weighted by molar-refractivity contribution is 9.10. The van der Waals surface area contributed by atoms with Crippen LogP contribution in [0.3, 0.4) is 0 Å². The van der Waals surface area contributed by atoms with Gasteiger partial charge in [0.25, 0.3) is 5.91 Å². The first-order valence-corrected chi connectivity index (χ1v) is 10.8. The van der Waals surface area contributed by atoms with E-state index in [9.17, 15) is 13.2 Å². The van der Waals surface area contributed by atoms with Gasteiger partial charge in [0, 0.05) is 37.3 Å². The van der Waals surface area contributed by atoms with Crippen LogP contribution in [0.25, 0.3) is 0 Å². The fourth-order valence-corrected chi connectivity index (χ4v) is 4.41. The number of piperidine rings is 1. The molecule has 26 heavy (non-hydrogen) atoms. The van der Waals surface area contributed by atoms with Crippen molar-refractivity contribution in [2.45, 2.75) is 23.8 Å². The van der Waals surface area contributed by atoms with Crippen LogP contribution in [0.4, 0.5) is 0 Å². The Balaban J connectivity index is 2.15. The second-order valence-electron chi connectivity index (χ2n) is 6.52. The van der Waals surface area contributed by atoms with Gasteiger partial charge in [-0.25, -0.2) is 13.1 Å². The van der Waals surface area contributed by atoms with Gasteiger partial charge in [-0.15, -0.1) is 0 Å². The van der Waals surface area contributed by atoms with Crippen molar-refractivity contribution in [3.8, 4) is 0 Å². The zero-order valence-electron chi connectivity index (χ0n) is 15.4. The Bertz CT molecular complexity index is 732. The van der Waals surface area contributed by atoms with E-state index in [-0.39, 0.29) is 24.0 Å². The largest absolute Gasteiger partial charge is 0.383 e. The van der Waals surface area contributed by atoms with Crippen LogP contribution in [-0.2, 0) is 14.8 Å². The molecule has 0 radical (unpaired) electrons. The van der Waals surface area contributed by atoms with Gasteiger partial charge in [-0.05, 0) is 61.1 Å². The molecular weight excluding hydrogens is 422 g/mol. The summed E-state index contributed by atoms with van der Waals surface area (Å²) in [5, 5.41) is 0. The van der Waals surface area contributed by atoms with Crippen molar-refractivity contribution in [3.63, 3.8) is 0 Å². The number of ether oxygens (including phenoxy) is 1. The Labute approximate surface area is 163 Å². The zero-order valence-corrected chi connectivity index (χ0v) is 17.8. The third kappa shape index (κ3) is 5.26. The maximum absolute atomic E-state index is 12.9. The number of carbonyl (C=O) groups is 1. The highest BCUT2D eigenvalue weighted by atomic mass is 79.9. The maximum atomic E-state index is 12.9. The summed E-state index contributed by atoms with van der Waals surface area (Å²) in [6.45, 7) is 1.78. The maximum Gasteiger partial charge on any atom is 0.255 e. The van der Waals surface area contributed by atoms with Crippen molar-refractivity contribution >= 4 is 31.9 Å². The van der Waals surface area contributed by atoms with Crippen LogP contribution < -0.4 is 4.72 Å². The smallest absolute Gasteiger partial charge is 0.255 e. The van der Waals surface area contributed by atoms with E-state index in [1.807, 2.05) is 14.1 Å². The Kier molecular flexibility index (Phi) is 7.60. The minimum atomic E-state index is -3.68. The first-order valence-electron chi connectivity index (χ1n) is 8.50. The van der Waals surface area contributed by atoms with Gasteiger partial charge in [0.1, 0.15) is 0 Å². The number of carbonyl (C=O) groups excluding carboxylic acids is 1. The van der Waals surface area contributed by atoms with Crippen molar-refractivity contribution in [1.29, 1.82) is 0 Å². The fourth-order valence-electron chi connectivity index (χ4n) is 2.95. The standard InChI is InChI=1S/C17H26BrN3O4S/c1-20(2)13-6-9-21(10-7-13)17(22)15-12-14(4-5-16(15)18)26(23,24)19-8-11-25-3/h4-5,12-13,19H,6-11H2,1-3H3. The van der Waals surface area contributed by atoms with Crippen LogP contribution >= 0.6 is 15.9 Å². The second-order valence-corrected chi connectivity index (χ2v) is 9.14. The molecule has 1 heterocycles. The molecule has 0 saturated carbocycles. The molecule has 1 aromatic carbocycles. The number of hydrogen-bond acceptors (Lipinski definition) is 5. The van der Waals surface area contributed by atoms with E-state index in [0.29, 0.717) is 29.2 Å². The van der Waals surface area contributed by atoms with E-state index in [1.165, 1.54) is 19.2 Å². The molecule has 0 spiro atoms. The molecule has 1 aliphatic rings. The van der Waals surface area contributed by atoms with Crippen molar-refractivity contribution in [3.05, 3.63) is 28.2 Å². The predicted molar refractivity (Wildman–Crippen MR) is 104 cm³/mol. The van der Waals surface area contributed by atoms with Gasteiger partial charge in [0.05, 0.1) is 17.1 Å². The molecule has 0 bridgehead atoms. The van der Waals surface area contributed by atoms with Crippen LogP contribution in [-0.4, -0.2) is 77.6 Å². The average molecular weight is 448 g/mol. The van der Waals surface area contributed by atoms with Crippen LogP contribution in [0.2, 0.25) is 0 Å². The lowest BCUT2D eigenvalue weighted by molar-refractivity contribution is 0.0662. The molecule has 0 aromatic heterocycles. The van der Waals surface area contributed by atoms with E-state index < -0.39 is 10.0 Å². The summed E-state index contributed by atoms with van der Waals surface area (Å²) in [4.78, 5) is 16.9. The molecule has 1 amide bonds. The summed E-state index contributed by atoms with van der Waals surface area (Å²) in [6.07, 6.45) is 1.82. The lowest BCUT2D eigenvalue weighted by Gasteiger charge is -2.35. The highest BCUT2D eigenvalue weighted by Crippen LogP contribution is 2.24. The monoisotopic (exact) mass is 447 g/mol. The number of sulfonamides is 1. The fraction of sp³-hybridized carbons (Fsp3) is 0.588. The first-order chi connectivity index (χ1) is 12.3. The van der Waals surface area contributed by atoms with Crippen molar-refractivity contribution < 1.29 is 17.9 Å². The number of likely N-dealkylation sites (tertiary alicyclic amines) is 1. The van der Waals surface area contributed by atoms with E-state index in [1.54, 1.807) is 11.0 Å². The minimum Gasteiger partial charge on any atom is -0.383 e. The minimum absolute atomic E-state index is 0.0725. The van der Waals surface area contributed by atoms with Crippen molar-refractivity contribution in [2.24, 2.45) is 0 Å². The van der Waals surface area contributed by atoms with E-state index >= 15 is 0 Å². The quantitative estimate of drug-likeness (QED) is 0.641. The summed E-state index contributed by atoms with van der Waals surface area (Å²) in [5.74, 6) is -0.150. The topological polar surface area (TPSA) is 78.9 Å². The predicted octanol–water partition coefficient (Wildman–Crippen LogP) is 1.54. The van der Waals surface area contributed by atoms with Crippen LogP contribution in [0, 0.1) is 0 Å². The number of halogens is 1. The molecule has 7 nitrogen and oxygen atoms in total. The highest BCUT2D eigenvalue weighted by Gasteiger charge is 2.26. The number of amides is 1. The van der Waals surface area contributed by atoms with E-state index in [4.69, 9.17) is 4.74 Å². The number of nitrogens with zero attached hydrogens (tertiary/aromatic N) is 2. The molecule has 146 valence electrons. The van der Waals surface area contributed by atoms with Gasteiger partial charge >= 0.3 is 0 Å². The summed E-state index contributed by atoms with van der Waals surface area (Å²) in [5.41, 5.74) is 0.364. The summed E-state index contributed by atoms with van der Waals surface area (Å²) < 4.78 is 32.7. The molecule has 1 saturated heterocycles. The van der Waals surface area contributed by atoms with Gasteiger partial charge in [0.2, 0.25) is 10.0 Å². The second kappa shape index (κ2) is 9.27. The summed E-state index contributed by atoms with van der Waals surface area (Å²) >= 11 is 3.37. The Morgan fingerprint density at radius 2 is 2.00 bits per heavy atom. The summed E-state index contributed by atoms with van der Waals surface area (Å²) in [7, 11) is 1.91. The third-order valence-corrected chi connectivity index (χ3v) is 6.71. The zero-order chi connectivity index (χ0) is 19.3. The molecule has 0 atom stereocenters. The SMILES string of the molecule is COCCNS(=O)(=O)c1ccc(Br)c(C(=O)N2CCC(N(C)C)CC2)c1. The average Bonchev–Trinajstić information content (AvgIpc) is 2.61. The molecule has 2 rings (SSSR count). The molecule has 1 N–H and O–H groups in total. The normalized spacial score (nSPS) is 16.3. The van der Waals surface area contributed by atoms with Crippen molar-refractivity contribution in [2.75, 3.05) is 47.4 Å². The van der Waals surface area contributed by atoms with E-state index in [2.05, 4.69) is 25.6 Å². The van der Waals surface area contributed by atoms with Gasteiger partial charge in [0.15, 0.2) is 0 Å². The van der Waals surface area contributed by atoms with Crippen LogP contribution in [0.1, 0.15) is 23.2 Å². The lowest BCUT2D eigenvalue weighted by Crippen LogP contribution is -2.44.